The first-order valence-corrected chi connectivity index (χ1v) is 9.49. The number of ether oxygens (including phenoxy) is 1. The van der Waals surface area contributed by atoms with Crippen LogP contribution in [0.1, 0.15) is 16.9 Å². The Labute approximate surface area is 155 Å². The molecule has 0 saturated heterocycles. The highest BCUT2D eigenvalue weighted by Gasteiger charge is 2.22. The number of H-pyrrole nitrogens is 1. The maximum atomic E-state index is 12.2. The molecule has 0 spiro atoms. The molecule has 0 aliphatic carbocycles. The van der Waals surface area contributed by atoms with Crippen LogP contribution >= 0.6 is 0 Å². The number of carbonyl (C=O) groups is 2. The van der Waals surface area contributed by atoms with Gasteiger partial charge in [-0.1, -0.05) is 36.4 Å². The fourth-order valence-electron chi connectivity index (χ4n) is 2.47. The average Bonchev–Trinajstić information content (AvgIpc) is 3.06. The van der Waals surface area contributed by atoms with Crippen LogP contribution in [0.3, 0.4) is 0 Å². The van der Waals surface area contributed by atoms with Gasteiger partial charge in [-0.05, 0) is 24.3 Å². The van der Waals surface area contributed by atoms with E-state index in [9.17, 15) is 18.0 Å². The monoisotopic (exact) mass is 387 g/mol. The number of fused-ring (bicyclic) bond motifs is 1. The molecular weight excluding hydrogens is 370 g/mol. The lowest BCUT2D eigenvalue weighted by Gasteiger charge is -2.13. The number of carbonyl (C=O) groups excluding carboxylic acids is 2. The second-order valence-electron chi connectivity index (χ2n) is 5.78. The van der Waals surface area contributed by atoms with Crippen LogP contribution in [0.15, 0.2) is 65.6 Å². The molecule has 0 fully saturated rings. The molecule has 1 atom stereocenters. The summed E-state index contributed by atoms with van der Waals surface area (Å²) in [6, 6.07) is 16.3. The summed E-state index contributed by atoms with van der Waals surface area (Å²) >= 11 is 0. The maximum absolute atomic E-state index is 12.2. The molecule has 0 radical (unpaired) electrons. The summed E-state index contributed by atoms with van der Waals surface area (Å²) in [5, 5.41) is 0.796. The number of esters is 2. The number of benzene rings is 2. The van der Waals surface area contributed by atoms with Crippen molar-refractivity contribution in [3.63, 3.8) is 0 Å². The van der Waals surface area contributed by atoms with Crippen molar-refractivity contribution in [1.82, 2.24) is 9.71 Å². The van der Waals surface area contributed by atoms with Crippen molar-refractivity contribution in [1.29, 1.82) is 0 Å². The lowest BCUT2D eigenvalue weighted by molar-refractivity contribution is -0.138. The van der Waals surface area contributed by atoms with Crippen molar-refractivity contribution < 1.29 is 22.7 Å². The third kappa shape index (κ3) is 4.59. The molecule has 27 heavy (non-hydrogen) atoms. The summed E-state index contributed by atoms with van der Waals surface area (Å²) in [7, 11) is -3.88. The third-order valence-corrected chi connectivity index (χ3v) is 5.21. The number of hydrogen-bond acceptors (Lipinski definition) is 6. The minimum atomic E-state index is -3.88. The molecule has 1 heterocycles. The Kier molecular flexibility index (Phi) is 5.36. The van der Waals surface area contributed by atoms with E-state index >= 15 is 0 Å². The number of aromatic amines is 1. The van der Waals surface area contributed by atoms with E-state index in [4.69, 9.17) is 10.5 Å². The largest absolute Gasteiger partial charge is 0.388 e. The maximum Gasteiger partial charge on any atom is 0.362 e. The predicted octanol–water partition coefficient (Wildman–Crippen LogP) is 1.50. The Morgan fingerprint density at radius 3 is 2.44 bits per heavy atom. The molecule has 3 rings (SSSR count). The molecule has 3 aromatic rings. The fraction of sp³-hybridized carbons (Fsp3) is 0.111. The number of para-hydroxylation sites is 1. The van der Waals surface area contributed by atoms with Gasteiger partial charge in [-0.3, -0.25) is 4.79 Å². The second kappa shape index (κ2) is 7.70. The van der Waals surface area contributed by atoms with Gasteiger partial charge in [0.1, 0.15) is 5.69 Å². The van der Waals surface area contributed by atoms with Gasteiger partial charge in [-0.25, -0.2) is 13.2 Å². The average molecular weight is 387 g/mol. The standard InChI is InChI=1S/C18H17N3O5S/c19-16(21-27(24,25)13-7-2-1-3-8-13)11-17(22)26-18(23)15-10-12-6-4-5-9-14(12)20-15/h1-10,16,20-21H,11,19H2/t16-/m0/s1. The lowest BCUT2D eigenvalue weighted by atomic mass is 10.2. The van der Waals surface area contributed by atoms with Crippen molar-refractivity contribution in [3.8, 4) is 0 Å². The molecule has 0 aliphatic rings. The Morgan fingerprint density at radius 1 is 1.07 bits per heavy atom. The zero-order valence-electron chi connectivity index (χ0n) is 14.1. The number of nitrogens with two attached hydrogens (primary N) is 1. The van der Waals surface area contributed by atoms with Crippen LogP contribution in [-0.4, -0.2) is 31.5 Å². The first-order chi connectivity index (χ1) is 12.8. The Balaban J connectivity index is 1.59. The third-order valence-electron chi connectivity index (χ3n) is 3.70. The van der Waals surface area contributed by atoms with Crippen molar-refractivity contribution in [3.05, 3.63) is 66.4 Å². The summed E-state index contributed by atoms with van der Waals surface area (Å²) in [5.41, 5.74) is 6.50. The second-order valence-corrected chi connectivity index (χ2v) is 7.49. The normalized spacial score (nSPS) is 12.6. The molecule has 4 N–H and O–H groups in total. The SMILES string of the molecule is N[C@H](CC(=O)OC(=O)c1cc2ccccc2[nH]1)NS(=O)(=O)c1ccccc1. The van der Waals surface area contributed by atoms with Gasteiger partial charge in [-0.15, -0.1) is 0 Å². The molecule has 0 saturated carbocycles. The van der Waals surface area contributed by atoms with E-state index in [0.717, 1.165) is 10.9 Å². The summed E-state index contributed by atoms with van der Waals surface area (Å²) in [5.74, 6) is -1.81. The van der Waals surface area contributed by atoms with Crippen molar-refractivity contribution in [2.24, 2.45) is 5.73 Å². The van der Waals surface area contributed by atoms with Gasteiger partial charge in [-0.2, -0.15) is 4.72 Å². The predicted molar refractivity (Wildman–Crippen MR) is 98.1 cm³/mol. The molecule has 0 amide bonds. The summed E-state index contributed by atoms with van der Waals surface area (Å²) < 4.78 is 31.2. The van der Waals surface area contributed by atoms with E-state index in [-0.39, 0.29) is 10.6 Å². The molecule has 2 aromatic carbocycles. The molecule has 0 aliphatic heterocycles. The number of nitrogens with one attached hydrogen (secondary N) is 2. The Bertz CT molecular complexity index is 1040. The lowest BCUT2D eigenvalue weighted by Crippen LogP contribution is -2.43. The highest BCUT2D eigenvalue weighted by atomic mass is 32.2. The quantitative estimate of drug-likeness (QED) is 0.334. The Morgan fingerprint density at radius 2 is 1.74 bits per heavy atom. The van der Waals surface area contributed by atoms with Gasteiger partial charge in [0, 0.05) is 10.9 Å². The molecule has 9 heteroatoms. The topological polar surface area (TPSA) is 131 Å². The highest BCUT2D eigenvalue weighted by molar-refractivity contribution is 7.89. The van der Waals surface area contributed by atoms with Gasteiger partial charge in [0.25, 0.3) is 0 Å². The Hall–Kier alpha value is -3.01. The van der Waals surface area contributed by atoms with Gasteiger partial charge < -0.3 is 15.5 Å². The van der Waals surface area contributed by atoms with Crippen LogP contribution in [0.25, 0.3) is 10.9 Å². The first kappa shape index (κ1) is 18.8. The van der Waals surface area contributed by atoms with Crippen LogP contribution in [0.4, 0.5) is 0 Å². The van der Waals surface area contributed by atoms with E-state index < -0.39 is 34.5 Å². The molecular formula is C18H17N3O5S. The minimum absolute atomic E-state index is 0.0166. The van der Waals surface area contributed by atoms with E-state index in [1.807, 2.05) is 6.07 Å². The summed E-state index contributed by atoms with van der Waals surface area (Å²) in [6.07, 6.45) is -1.74. The number of rotatable bonds is 6. The number of hydrogen-bond donors (Lipinski definition) is 3. The highest BCUT2D eigenvalue weighted by Crippen LogP contribution is 2.15. The van der Waals surface area contributed by atoms with E-state index in [0.29, 0.717) is 0 Å². The number of sulfonamides is 1. The van der Waals surface area contributed by atoms with E-state index in [2.05, 4.69) is 9.71 Å². The van der Waals surface area contributed by atoms with Crippen molar-refractivity contribution in [2.75, 3.05) is 0 Å². The van der Waals surface area contributed by atoms with Gasteiger partial charge >= 0.3 is 11.9 Å². The first-order valence-electron chi connectivity index (χ1n) is 8.01. The zero-order valence-corrected chi connectivity index (χ0v) is 14.9. The van der Waals surface area contributed by atoms with Crippen LogP contribution in [0.2, 0.25) is 0 Å². The molecule has 140 valence electrons. The van der Waals surface area contributed by atoms with Crippen LogP contribution < -0.4 is 10.5 Å². The van der Waals surface area contributed by atoms with E-state index in [1.54, 1.807) is 42.5 Å². The molecule has 0 unspecified atom stereocenters. The van der Waals surface area contributed by atoms with Crippen LogP contribution in [0, 0.1) is 0 Å². The van der Waals surface area contributed by atoms with Gasteiger partial charge in [0.15, 0.2) is 0 Å². The van der Waals surface area contributed by atoms with Crippen molar-refractivity contribution >= 4 is 32.9 Å². The van der Waals surface area contributed by atoms with Crippen LogP contribution in [-0.2, 0) is 19.6 Å². The van der Waals surface area contributed by atoms with Crippen LogP contribution in [0.5, 0.6) is 0 Å². The van der Waals surface area contributed by atoms with Gasteiger partial charge in [0.2, 0.25) is 10.0 Å². The zero-order chi connectivity index (χ0) is 19.4. The minimum Gasteiger partial charge on any atom is -0.388 e. The summed E-state index contributed by atoms with van der Waals surface area (Å²) in [4.78, 5) is 26.8. The molecule has 1 aromatic heterocycles. The summed E-state index contributed by atoms with van der Waals surface area (Å²) in [6.45, 7) is 0. The van der Waals surface area contributed by atoms with Gasteiger partial charge in [0.05, 0.1) is 17.5 Å². The van der Waals surface area contributed by atoms with Crippen molar-refractivity contribution in [2.45, 2.75) is 17.5 Å². The number of aromatic nitrogens is 1. The molecule has 8 nitrogen and oxygen atoms in total. The van der Waals surface area contributed by atoms with E-state index in [1.165, 1.54) is 12.1 Å². The smallest absolute Gasteiger partial charge is 0.362 e. The molecule has 0 bridgehead atoms. The fourth-order valence-corrected chi connectivity index (χ4v) is 3.60.